The van der Waals surface area contributed by atoms with E-state index in [4.69, 9.17) is 10.00 Å². The van der Waals surface area contributed by atoms with Gasteiger partial charge in [-0.1, -0.05) is 13.3 Å². The van der Waals surface area contributed by atoms with Crippen molar-refractivity contribution in [1.82, 2.24) is 0 Å². The Morgan fingerprint density at radius 2 is 2.25 bits per heavy atom. The number of hydrogen-bond acceptors (Lipinski definition) is 2. The topological polar surface area (TPSA) is 33.0 Å². The normalized spacial score (nSPS) is 35.9. The van der Waals surface area contributed by atoms with Crippen LogP contribution in [0.5, 0.6) is 0 Å². The molecule has 2 heteroatoms. The molecule has 1 fully saturated rings. The van der Waals surface area contributed by atoms with Gasteiger partial charge in [-0.15, -0.1) is 0 Å². The maximum absolute atomic E-state index is 8.82. The van der Waals surface area contributed by atoms with Crippen LogP contribution in [0.3, 0.4) is 0 Å². The van der Waals surface area contributed by atoms with E-state index in [0.717, 1.165) is 18.8 Å². The lowest BCUT2D eigenvalue weighted by atomic mass is 9.79. The number of hydrogen-bond donors (Lipinski definition) is 0. The first-order valence-electron chi connectivity index (χ1n) is 4.74. The van der Waals surface area contributed by atoms with Gasteiger partial charge in [0.2, 0.25) is 0 Å². The molecule has 0 aromatic rings. The SMILES string of the molecule is CCC1CCC(C#N)C(OC)C1. The molecule has 0 heterocycles. The minimum Gasteiger partial charge on any atom is -0.380 e. The molecule has 1 aliphatic carbocycles. The summed E-state index contributed by atoms with van der Waals surface area (Å²) in [5.74, 6) is 0.914. The van der Waals surface area contributed by atoms with Crippen molar-refractivity contribution in [1.29, 1.82) is 5.26 Å². The van der Waals surface area contributed by atoms with E-state index >= 15 is 0 Å². The van der Waals surface area contributed by atoms with Crippen molar-refractivity contribution in [3.8, 4) is 6.07 Å². The Balaban J connectivity index is 2.48. The molecule has 0 radical (unpaired) electrons. The summed E-state index contributed by atoms with van der Waals surface area (Å²) in [6, 6.07) is 2.32. The van der Waals surface area contributed by atoms with Crippen molar-refractivity contribution in [3.05, 3.63) is 0 Å². The van der Waals surface area contributed by atoms with Crippen molar-refractivity contribution in [3.63, 3.8) is 0 Å². The van der Waals surface area contributed by atoms with E-state index in [-0.39, 0.29) is 12.0 Å². The molecule has 0 aliphatic heterocycles. The Morgan fingerprint density at radius 3 is 2.75 bits per heavy atom. The van der Waals surface area contributed by atoms with E-state index in [1.807, 2.05) is 0 Å². The number of nitrogens with zero attached hydrogens (tertiary/aromatic N) is 1. The molecule has 1 saturated carbocycles. The standard InChI is InChI=1S/C10H17NO/c1-3-8-4-5-9(7-11)10(6-8)12-2/h8-10H,3-6H2,1-2H3. The summed E-state index contributed by atoms with van der Waals surface area (Å²) in [6.45, 7) is 2.21. The van der Waals surface area contributed by atoms with Gasteiger partial charge in [0.1, 0.15) is 0 Å². The fraction of sp³-hybridized carbons (Fsp3) is 0.900. The van der Waals surface area contributed by atoms with Crippen molar-refractivity contribution in [2.45, 2.75) is 38.7 Å². The molecule has 68 valence electrons. The minimum absolute atomic E-state index is 0.137. The number of rotatable bonds is 2. The second kappa shape index (κ2) is 4.47. The Labute approximate surface area is 74.5 Å². The molecule has 3 unspecified atom stereocenters. The van der Waals surface area contributed by atoms with Crippen molar-refractivity contribution < 1.29 is 4.74 Å². The molecule has 0 bridgehead atoms. The van der Waals surface area contributed by atoms with Crippen LogP contribution in [0.1, 0.15) is 32.6 Å². The van der Waals surface area contributed by atoms with Crippen LogP contribution in [0.2, 0.25) is 0 Å². The van der Waals surface area contributed by atoms with Gasteiger partial charge in [-0.3, -0.25) is 0 Å². The third-order valence-corrected chi connectivity index (χ3v) is 2.95. The van der Waals surface area contributed by atoms with Crippen LogP contribution in [0.4, 0.5) is 0 Å². The molecule has 12 heavy (non-hydrogen) atoms. The zero-order valence-corrected chi connectivity index (χ0v) is 7.92. The highest BCUT2D eigenvalue weighted by Gasteiger charge is 2.29. The zero-order valence-electron chi connectivity index (χ0n) is 7.92. The van der Waals surface area contributed by atoms with E-state index in [0.29, 0.717) is 0 Å². The number of ether oxygens (including phenoxy) is 1. The molecule has 0 spiro atoms. The summed E-state index contributed by atoms with van der Waals surface area (Å²) in [5, 5.41) is 8.82. The lowest BCUT2D eigenvalue weighted by molar-refractivity contribution is 0.0236. The fourth-order valence-electron chi connectivity index (χ4n) is 1.99. The Morgan fingerprint density at radius 1 is 1.50 bits per heavy atom. The van der Waals surface area contributed by atoms with Crippen LogP contribution in [0, 0.1) is 23.2 Å². The van der Waals surface area contributed by atoms with Gasteiger partial charge in [-0.25, -0.2) is 0 Å². The van der Waals surface area contributed by atoms with Gasteiger partial charge in [0.15, 0.2) is 0 Å². The van der Waals surface area contributed by atoms with Gasteiger partial charge in [0.25, 0.3) is 0 Å². The Kier molecular flexibility index (Phi) is 3.55. The van der Waals surface area contributed by atoms with E-state index in [1.165, 1.54) is 12.8 Å². The monoisotopic (exact) mass is 167 g/mol. The van der Waals surface area contributed by atoms with Crippen LogP contribution in [0.25, 0.3) is 0 Å². The summed E-state index contributed by atoms with van der Waals surface area (Å²) in [4.78, 5) is 0. The summed E-state index contributed by atoms with van der Waals surface area (Å²) < 4.78 is 5.30. The highest BCUT2D eigenvalue weighted by Crippen LogP contribution is 2.31. The zero-order chi connectivity index (χ0) is 8.97. The van der Waals surface area contributed by atoms with Crippen LogP contribution in [-0.4, -0.2) is 13.2 Å². The predicted octanol–water partition coefficient (Wildman–Crippen LogP) is 2.35. The summed E-state index contributed by atoms with van der Waals surface area (Å²) >= 11 is 0. The van der Waals surface area contributed by atoms with Gasteiger partial charge in [0.05, 0.1) is 18.1 Å². The molecule has 0 aromatic heterocycles. The third-order valence-electron chi connectivity index (χ3n) is 2.95. The highest BCUT2D eigenvalue weighted by atomic mass is 16.5. The first-order chi connectivity index (χ1) is 5.81. The molecular weight excluding hydrogens is 150 g/mol. The molecule has 2 nitrogen and oxygen atoms in total. The van der Waals surface area contributed by atoms with Crippen LogP contribution in [0.15, 0.2) is 0 Å². The quantitative estimate of drug-likeness (QED) is 0.632. The number of nitriles is 1. The van der Waals surface area contributed by atoms with Crippen molar-refractivity contribution in [2.75, 3.05) is 7.11 Å². The van der Waals surface area contributed by atoms with Gasteiger partial charge in [0, 0.05) is 7.11 Å². The van der Waals surface area contributed by atoms with Crippen molar-refractivity contribution >= 4 is 0 Å². The fourth-order valence-corrected chi connectivity index (χ4v) is 1.99. The average Bonchev–Trinajstić information content (AvgIpc) is 2.16. The van der Waals surface area contributed by atoms with Gasteiger partial charge < -0.3 is 4.74 Å². The minimum atomic E-state index is 0.137. The molecule has 0 N–H and O–H groups in total. The second-order valence-corrected chi connectivity index (χ2v) is 3.60. The average molecular weight is 167 g/mol. The Bertz CT molecular complexity index is 173. The lowest BCUT2D eigenvalue weighted by Gasteiger charge is -2.31. The van der Waals surface area contributed by atoms with Gasteiger partial charge >= 0.3 is 0 Å². The van der Waals surface area contributed by atoms with Gasteiger partial charge in [-0.2, -0.15) is 5.26 Å². The van der Waals surface area contributed by atoms with Gasteiger partial charge in [-0.05, 0) is 25.2 Å². The van der Waals surface area contributed by atoms with Crippen LogP contribution >= 0.6 is 0 Å². The summed E-state index contributed by atoms with van der Waals surface area (Å²) in [5.41, 5.74) is 0. The van der Waals surface area contributed by atoms with Crippen molar-refractivity contribution in [2.24, 2.45) is 11.8 Å². The molecule has 3 atom stereocenters. The second-order valence-electron chi connectivity index (χ2n) is 3.60. The molecule has 0 saturated heterocycles. The van der Waals surface area contributed by atoms with E-state index in [2.05, 4.69) is 13.0 Å². The first kappa shape index (κ1) is 9.54. The largest absolute Gasteiger partial charge is 0.380 e. The van der Waals surface area contributed by atoms with Crippen LogP contribution in [-0.2, 0) is 4.74 Å². The molecule has 0 amide bonds. The maximum Gasteiger partial charge on any atom is 0.0732 e. The van der Waals surface area contributed by atoms with E-state index in [1.54, 1.807) is 7.11 Å². The molecule has 1 aliphatic rings. The molecular formula is C10H17NO. The highest BCUT2D eigenvalue weighted by molar-refractivity contribution is 4.93. The smallest absolute Gasteiger partial charge is 0.0732 e. The maximum atomic E-state index is 8.82. The number of methoxy groups -OCH3 is 1. The first-order valence-corrected chi connectivity index (χ1v) is 4.74. The summed E-state index contributed by atoms with van der Waals surface area (Å²) in [6.07, 6.45) is 4.71. The predicted molar refractivity (Wildman–Crippen MR) is 47.5 cm³/mol. The molecule has 0 aromatic carbocycles. The Hall–Kier alpha value is -0.550. The van der Waals surface area contributed by atoms with Crippen LogP contribution < -0.4 is 0 Å². The third kappa shape index (κ3) is 1.98. The molecule has 1 rings (SSSR count). The summed E-state index contributed by atoms with van der Waals surface area (Å²) in [7, 11) is 1.72. The van der Waals surface area contributed by atoms with E-state index < -0.39 is 0 Å². The lowest BCUT2D eigenvalue weighted by Crippen LogP contribution is -2.29. The van der Waals surface area contributed by atoms with E-state index in [9.17, 15) is 0 Å².